The van der Waals surface area contributed by atoms with E-state index in [0.717, 1.165) is 0 Å². The Kier molecular flexibility index (Phi) is 6.79. The second-order valence-corrected chi connectivity index (χ2v) is 10.4. The molecule has 8 N–H and O–H groups in total. The minimum atomic E-state index is -3.92. The van der Waals surface area contributed by atoms with E-state index in [1.54, 1.807) is 0 Å². The number of aliphatic carboxylic acids is 2. The summed E-state index contributed by atoms with van der Waals surface area (Å²) in [5.41, 5.74) is 0.608. The normalized spacial score (nSPS) is 16.5. The molecule has 14 heteroatoms. The zero-order chi connectivity index (χ0) is 25.3. The van der Waals surface area contributed by atoms with E-state index in [0.29, 0.717) is 11.4 Å². The number of sulfonamides is 2. The molecule has 1 aliphatic rings. The molecule has 0 bridgehead atoms. The standard InChI is InChI=1S/C20H20N4O8S2/c21-33(29,30)13-5-1-11(2-6-13)23-17-9-16(20(27)28)18(10-15(17)19(25)26)24-12-3-7-14(8-4-12)34(22,31)32/h1-9,15,23-24H,10H2,(H,25,26)(H,27,28)(H2,21,29,30)(H2,22,31,32). The maximum atomic E-state index is 11.9. The fourth-order valence-corrected chi connectivity index (χ4v) is 4.25. The minimum Gasteiger partial charge on any atom is -0.481 e. The molecule has 0 amide bonds. The molecule has 0 saturated carbocycles. The van der Waals surface area contributed by atoms with E-state index in [2.05, 4.69) is 10.6 Å². The van der Waals surface area contributed by atoms with Gasteiger partial charge in [-0.25, -0.2) is 31.9 Å². The average Bonchev–Trinajstić information content (AvgIpc) is 2.73. The zero-order valence-corrected chi connectivity index (χ0v) is 18.9. The molecule has 0 aromatic heterocycles. The number of carbonyl (C=O) groups is 2. The van der Waals surface area contributed by atoms with Gasteiger partial charge in [0, 0.05) is 29.2 Å². The summed E-state index contributed by atoms with van der Waals surface area (Å²) in [6, 6.07) is 10.4. The highest BCUT2D eigenvalue weighted by molar-refractivity contribution is 7.89. The van der Waals surface area contributed by atoms with Gasteiger partial charge in [-0.05, 0) is 54.6 Å². The Morgan fingerprint density at radius 1 is 0.794 bits per heavy atom. The third kappa shape index (κ3) is 5.79. The molecule has 0 fully saturated rings. The number of benzene rings is 2. The van der Waals surface area contributed by atoms with Crippen LogP contribution < -0.4 is 20.9 Å². The lowest BCUT2D eigenvalue weighted by Crippen LogP contribution is -2.28. The SMILES string of the molecule is NS(=O)(=O)c1ccc(NC2=CC(C(=O)O)=C(Nc3ccc(S(N)(=O)=O)cc3)CC2C(=O)O)cc1. The van der Waals surface area contributed by atoms with Crippen LogP contribution in [-0.4, -0.2) is 39.0 Å². The minimum absolute atomic E-state index is 0.0726. The van der Waals surface area contributed by atoms with E-state index >= 15 is 0 Å². The Hall–Kier alpha value is -3.72. The summed E-state index contributed by atoms with van der Waals surface area (Å²) >= 11 is 0. The molecule has 1 atom stereocenters. The number of anilines is 2. The van der Waals surface area contributed by atoms with Crippen LogP contribution in [0.3, 0.4) is 0 Å². The van der Waals surface area contributed by atoms with E-state index in [4.69, 9.17) is 10.3 Å². The lowest BCUT2D eigenvalue weighted by molar-refractivity contribution is -0.140. The monoisotopic (exact) mass is 508 g/mol. The van der Waals surface area contributed by atoms with Gasteiger partial charge in [0.25, 0.3) is 0 Å². The van der Waals surface area contributed by atoms with Gasteiger partial charge in [0.1, 0.15) is 5.92 Å². The summed E-state index contributed by atoms with van der Waals surface area (Å²) in [7, 11) is -7.83. The number of carboxylic acid groups (broad SMARTS) is 2. The largest absolute Gasteiger partial charge is 0.481 e. The van der Waals surface area contributed by atoms with E-state index in [9.17, 15) is 36.6 Å². The number of nitrogens with two attached hydrogens (primary N) is 2. The second-order valence-electron chi connectivity index (χ2n) is 7.28. The van der Waals surface area contributed by atoms with Crippen LogP contribution in [0.25, 0.3) is 0 Å². The van der Waals surface area contributed by atoms with Crippen molar-refractivity contribution in [2.24, 2.45) is 16.2 Å². The Morgan fingerprint density at radius 2 is 1.24 bits per heavy atom. The van der Waals surface area contributed by atoms with Crippen molar-refractivity contribution in [2.45, 2.75) is 16.2 Å². The molecule has 1 unspecified atom stereocenters. The first kappa shape index (κ1) is 24.9. The number of hydrogen-bond donors (Lipinski definition) is 6. The second kappa shape index (κ2) is 9.26. The first-order chi connectivity index (χ1) is 15.8. The van der Waals surface area contributed by atoms with Crippen molar-refractivity contribution in [1.82, 2.24) is 0 Å². The molecular formula is C20H20N4O8S2. The third-order valence-electron chi connectivity index (χ3n) is 4.89. The highest BCUT2D eigenvalue weighted by atomic mass is 32.2. The first-order valence-corrected chi connectivity index (χ1v) is 12.6. The van der Waals surface area contributed by atoms with E-state index in [1.807, 2.05) is 0 Å². The third-order valence-corrected chi connectivity index (χ3v) is 6.75. The molecule has 2 aromatic rings. The van der Waals surface area contributed by atoms with Crippen LogP contribution in [0.1, 0.15) is 6.42 Å². The van der Waals surface area contributed by atoms with Crippen molar-refractivity contribution in [3.8, 4) is 0 Å². The van der Waals surface area contributed by atoms with Crippen LogP contribution in [-0.2, 0) is 29.6 Å². The van der Waals surface area contributed by atoms with Crippen LogP contribution in [0.5, 0.6) is 0 Å². The van der Waals surface area contributed by atoms with Crippen molar-refractivity contribution in [1.29, 1.82) is 0 Å². The van der Waals surface area contributed by atoms with Gasteiger partial charge in [-0.2, -0.15) is 0 Å². The van der Waals surface area contributed by atoms with Gasteiger partial charge in [-0.1, -0.05) is 0 Å². The fraction of sp³-hybridized carbons (Fsp3) is 0.100. The van der Waals surface area contributed by atoms with Crippen LogP contribution in [0.4, 0.5) is 11.4 Å². The Morgan fingerprint density at radius 3 is 1.62 bits per heavy atom. The van der Waals surface area contributed by atoms with E-state index < -0.39 is 37.9 Å². The van der Waals surface area contributed by atoms with Gasteiger partial charge in [-0.3, -0.25) is 4.79 Å². The van der Waals surface area contributed by atoms with Crippen molar-refractivity contribution in [3.05, 3.63) is 71.6 Å². The van der Waals surface area contributed by atoms with Crippen molar-refractivity contribution < 1.29 is 36.6 Å². The maximum absolute atomic E-state index is 11.9. The topological polar surface area (TPSA) is 219 Å². The maximum Gasteiger partial charge on any atom is 0.337 e. The summed E-state index contributed by atoms with van der Waals surface area (Å²) in [5.74, 6) is -3.71. The number of carboxylic acids is 2. The highest BCUT2D eigenvalue weighted by Gasteiger charge is 2.31. The predicted octanol–water partition coefficient (Wildman–Crippen LogP) is 0.833. The Labute approximate surface area is 194 Å². The van der Waals surface area contributed by atoms with Crippen LogP contribution >= 0.6 is 0 Å². The van der Waals surface area contributed by atoms with Crippen molar-refractivity contribution in [3.63, 3.8) is 0 Å². The van der Waals surface area contributed by atoms with Crippen LogP contribution in [0.15, 0.2) is 81.4 Å². The molecule has 0 spiro atoms. The van der Waals surface area contributed by atoms with Gasteiger partial charge >= 0.3 is 11.9 Å². The highest BCUT2D eigenvalue weighted by Crippen LogP contribution is 2.32. The number of primary sulfonamides is 2. The van der Waals surface area contributed by atoms with Gasteiger partial charge in [0.2, 0.25) is 20.0 Å². The lowest BCUT2D eigenvalue weighted by atomic mass is 9.89. The Balaban J connectivity index is 1.95. The molecule has 12 nitrogen and oxygen atoms in total. The van der Waals surface area contributed by atoms with Crippen LogP contribution in [0.2, 0.25) is 0 Å². The summed E-state index contributed by atoms with van der Waals surface area (Å²) in [5, 5.41) is 35.2. The zero-order valence-electron chi connectivity index (χ0n) is 17.3. The molecule has 34 heavy (non-hydrogen) atoms. The smallest absolute Gasteiger partial charge is 0.337 e. The summed E-state index contributed by atoms with van der Waals surface area (Å²) in [6.45, 7) is 0. The molecule has 0 saturated heterocycles. The van der Waals surface area contributed by atoms with Crippen molar-refractivity contribution in [2.75, 3.05) is 10.6 Å². The number of hydrogen-bond acceptors (Lipinski definition) is 8. The summed E-state index contributed by atoms with van der Waals surface area (Å²) in [4.78, 5) is 23.5. The summed E-state index contributed by atoms with van der Waals surface area (Å²) < 4.78 is 45.6. The van der Waals surface area contributed by atoms with Gasteiger partial charge < -0.3 is 20.8 Å². The predicted molar refractivity (Wildman–Crippen MR) is 121 cm³/mol. The molecular weight excluding hydrogens is 488 g/mol. The molecule has 0 aliphatic heterocycles. The average molecular weight is 509 g/mol. The molecule has 0 heterocycles. The fourth-order valence-electron chi connectivity index (χ4n) is 3.22. The van der Waals surface area contributed by atoms with E-state index in [-0.39, 0.29) is 33.2 Å². The first-order valence-electron chi connectivity index (χ1n) is 9.46. The van der Waals surface area contributed by atoms with Crippen LogP contribution in [0, 0.1) is 5.92 Å². The van der Waals surface area contributed by atoms with Gasteiger partial charge in [0.05, 0.1) is 15.4 Å². The molecule has 180 valence electrons. The van der Waals surface area contributed by atoms with E-state index in [1.165, 1.54) is 54.6 Å². The molecule has 2 aromatic carbocycles. The number of rotatable bonds is 8. The quantitative estimate of drug-likeness (QED) is 0.295. The lowest BCUT2D eigenvalue weighted by Gasteiger charge is -2.26. The number of allylic oxidation sites excluding steroid dienone is 1. The molecule has 1 aliphatic carbocycles. The molecule has 3 rings (SSSR count). The Bertz CT molecular complexity index is 1410. The van der Waals surface area contributed by atoms with Gasteiger partial charge in [-0.15, -0.1) is 0 Å². The van der Waals surface area contributed by atoms with Crippen molar-refractivity contribution >= 4 is 43.4 Å². The number of nitrogens with one attached hydrogen (secondary N) is 2. The van der Waals surface area contributed by atoms with Gasteiger partial charge in [0.15, 0.2) is 0 Å². The molecule has 0 radical (unpaired) electrons. The summed E-state index contributed by atoms with van der Waals surface area (Å²) in [6.07, 6.45) is 0.946.